The van der Waals surface area contributed by atoms with Gasteiger partial charge in [-0.1, -0.05) is 0 Å². The van der Waals surface area contributed by atoms with Crippen LogP contribution < -0.4 is 5.73 Å². The van der Waals surface area contributed by atoms with Crippen LogP contribution in [0.1, 0.15) is 0 Å². The van der Waals surface area contributed by atoms with Gasteiger partial charge >= 0.3 is 0 Å². The number of hydrogen-bond donors (Lipinski definition) is 1. The van der Waals surface area contributed by atoms with E-state index in [1.807, 2.05) is 25.2 Å². The van der Waals surface area contributed by atoms with Gasteiger partial charge in [-0.05, 0) is 30.0 Å². The van der Waals surface area contributed by atoms with Crippen LogP contribution in [0.5, 0.6) is 0 Å². The van der Waals surface area contributed by atoms with Crippen LogP contribution in [0.15, 0.2) is 41.0 Å². The molecule has 0 spiro atoms. The van der Waals surface area contributed by atoms with Gasteiger partial charge in [-0.3, -0.25) is 0 Å². The molecule has 18 heavy (non-hydrogen) atoms. The maximum Gasteiger partial charge on any atom is 0.192 e. The first-order valence-electron chi connectivity index (χ1n) is 5.26. The highest BCUT2D eigenvalue weighted by molar-refractivity contribution is 7.99. The second kappa shape index (κ2) is 4.26. The highest BCUT2D eigenvalue weighted by atomic mass is 32.2. The molecule has 0 fully saturated rings. The van der Waals surface area contributed by atoms with Crippen LogP contribution in [-0.2, 0) is 7.05 Å². The lowest BCUT2D eigenvalue weighted by atomic mass is 10.2. The smallest absolute Gasteiger partial charge is 0.192 e. The van der Waals surface area contributed by atoms with E-state index in [0.717, 1.165) is 21.1 Å². The lowest BCUT2D eigenvalue weighted by Gasteiger charge is -2.04. The molecule has 3 aromatic rings. The predicted octanol–water partition coefficient (Wildman–Crippen LogP) is 1.49. The zero-order valence-corrected chi connectivity index (χ0v) is 10.4. The predicted molar refractivity (Wildman–Crippen MR) is 69.1 cm³/mol. The Morgan fingerprint density at radius 1 is 1.17 bits per heavy atom. The average Bonchev–Trinajstić information content (AvgIpc) is 2.75. The van der Waals surface area contributed by atoms with E-state index in [4.69, 9.17) is 5.73 Å². The summed E-state index contributed by atoms with van der Waals surface area (Å²) in [4.78, 5) is 12.7. The number of anilines is 1. The maximum atomic E-state index is 5.74. The monoisotopic (exact) mass is 258 g/mol. The topological polar surface area (TPSA) is 82.5 Å². The van der Waals surface area contributed by atoms with Gasteiger partial charge in [-0.25, -0.2) is 19.6 Å². The third-order valence-corrected chi connectivity index (χ3v) is 3.55. The summed E-state index contributed by atoms with van der Waals surface area (Å²) in [7, 11) is 1.84. The third-order valence-electron chi connectivity index (χ3n) is 2.48. The third kappa shape index (κ3) is 1.88. The highest BCUT2D eigenvalue weighted by Gasteiger charge is 2.09. The number of benzene rings is 1. The van der Waals surface area contributed by atoms with Crippen molar-refractivity contribution in [1.29, 1.82) is 0 Å². The molecule has 0 aliphatic heterocycles. The van der Waals surface area contributed by atoms with Crippen LogP contribution in [0.2, 0.25) is 0 Å². The van der Waals surface area contributed by atoms with Gasteiger partial charge in [0, 0.05) is 18.1 Å². The zero-order chi connectivity index (χ0) is 12.5. The molecule has 0 saturated heterocycles. The van der Waals surface area contributed by atoms with E-state index >= 15 is 0 Å². The van der Waals surface area contributed by atoms with Crippen LogP contribution in [0, 0.1) is 0 Å². The van der Waals surface area contributed by atoms with E-state index in [0.29, 0.717) is 5.69 Å². The number of aromatic nitrogens is 5. The number of rotatable bonds is 2. The average molecular weight is 258 g/mol. The van der Waals surface area contributed by atoms with Gasteiger partial charge in [-0.15, -0.1) is 0 Å². The van der Waals surface area contributed by atoms with Crippen LogP contribution in [0.3, 0.4) is 0 Å². The molecule has 0 saturated carbocycles. The number of nitrogens with zero attached hydrogens (tertiary/aromatic N) is 5. The summed E-state index contributed by atoms with van der Waals surface area (Å²) in [5.74, 6) is 0. The minimum absolute atomic E-state index is 0.691. The van der Waals surface area contributed by atoms with Gasteiger partial charge in [0.15, 0.2) is 5.16 Å². The highest BCUT2D eigenvalue weighted by Crippen LogP contribution is 2.29. The summed E-state index contributed by atoms with van der Waals surface area (Å²) in [6.07, 6.45) is 3.05. The van der Waals surface area contributed by atoms with Crippen LogP contribution in [0.25, 0.3) is 10.9 Å². The minimum Gasteiger partial charge on any atom is -0.399 e. The van der Waals surface area contributed by atoms with Gasteiger partial charge in [0.05, 0.1) is 5.52 Å². The Labute approximate surface area is 107 Å². The summed E-state index contributed by atoms with van der Waals surface area (Å²) >= 11 is 1.45. The fourth-order valence-electron chi connectivity index (χ4n) is 1.60. The molecule has 2 heterocycles. The fourth-order valence-corrected chi connectivity index (χ4v) is 2.43. The van der Waals surface area contributed by atoms with Crippen molar-refractivity contribution in [2.24, 2.45) is 7.05 Å². The Morgan fingerprint density at radius 3 is 2.83 bits per heavy atom. The van der Waals surface area contributed by atoms with E-state index < -0.39 is 0 Å². The zero-order valence-electron chi connectivity index (χ0n) is 9.61. The standard InChI is InChI=1S/C11H10N6S/c1-17-11(15-6-16-17)18-10-8-3-2-7(12)4-9(8)13-5-14-10/h2-6H,12H2,1H3. The van der Waals surface area contributed by atoms with Crippen molar-refractivity contribution in [1.82, 2.24) is 24.7 Å². The number of nitrogen functional groups attached to an aromatic ring is 1. The van der Waals surface area contributed by atoms with Gasteiger partial charge in [0.25, 0.3) is 0 Å². The van der Waals surface area contributed by atoms with E-state index in [9.17, 15) is 0 Å². The molecule has 7 heteroatoms. The molecule has 0 aliphatic rings. The van der Waals surface area contributed by atoms with Crippen molar-refractivity contribution in [3.63, 3.8) is 0 Å². The van der Waals surface area contributed by atoms with E-state index in [1.165, 1.54) is 24.4 Å². The largest absolute Gasteiger partial charge is 0.399 e. The molecule has 2 aromatic heterocycles. The van der Waals surface area contributed by atoms with Crippen molar-refractivity contribution in [3.05, 3.63) is 30.9 Å². The molecule has 0 atom stereocenters. The Hall–Kier alpha value is -2.15. The molecule has 6 nitrogen and oxygen atoms in total. The van der Waals surface area contributed by atoms with Crippen molar-refractivity contribution < 1.29 is 0 Å². The Morgan fingerprint density at radius 2 is 2.06 bits per heavy atom. The number of hydrogen-bond acceptors (Lipinski definition) is 6. The van der Waals surface area contributed by atoms with Crippen molar-refractivity contribution >= 4 is 28.4 Å². The van der Waals surface area contributed by atoms with Gasteiger partial charge < -0.3 is 5.73 Å². The quantitative estimate of drug-likeness (QED) is 0.554. The molecular formula is C11H10N6S. The maximum absolute atomic E-state index is 5.74. The van der Waals surface area contributed by atoms with Gasteiger partial charge in [0.1, 0.15) is 17.7 Å². The molecule has 0 aliphatic carbocycles. The number of fused-ring (bicyclic) bond motifs is 1. The van der Waals surface area contributed by atoms with Crippen molar-refractivity contribution in [2.75, 3.05) is 5.73 Å². The second-order valence-electron chi connectivity index (χ2n) is 3.72. The molecule has 0 bridgehead atoms. The SMILES string of the molecule is Cn1ncnc1Sc1ncnc2cc(N)ccc12. The van der Waals surface area contributed by atoms with Crippen LogP contribution >= 0.6 is 11.8 Å². The Balaban J connectivity index is 2.09. The Bertz CT molecular complexity index is 708. The van der Waals surface area contributed by atoms with Crippen molar-refractivity contribution in [2.45, 2.75) is 10.2 Å². The fraction of sp³-hybridized carbons (Fsp3) is 0.0909. The van der Waals surface area contributed by atoms with Crippen LogP contribution in [-0.4, -0.2) is 24.7 Å². The normalized spacial score (nSPS) is 10.9. The molecule has 1 aromatic carbocycles. The van der Waals surface area contributed by atoms with Crippen molar-refractivity contribution in [3.8, 4) is 0 Å². The van der Waals surface area contributed by atoms with Gasteiger partial charge in [0.2, 0.25) is 0 Å². The first-order chi connectivity index (χ1) is 8.74. The lowest BCUT2D eigenvalue weighted by Crippen LogP contribution is -1.94. The summed E-state index contributed by atoms with van der Waals surface area (Å²) < 4.78 is 1.70. The van der Waals surface area contributed by atoms with E-state index in [1.54, 1.807) is 4.68 Å². The minimum atomic E-state index is 0.691. The molecular weight excluding hydrogens is 248 g/mol. The van der Waals surface area contributed by atoms with E-state index in [-0.39, 0.29) is 0 Å². The summed E-state index contributed by atoms with van der Waals surface area (Å²) in [5.41, 5.74) is 7.26. The van der Waals surface area contributed by atoms with Crippen LogP contribution in [0.4, 0.5) is 5.69 Å². The number of nitrogens with two attached hydrogens (primary N) is 1. The first-order valence-corrected chi connectivity index (χ1v) is 6.08. The molecule has 0 unspecified atom stereocenters. The molecule has 3 rings (SSSR count). The lowest BCUT2D eigenvalue weighted by molar-refractivity contribution is 0.685. The second-order valence-corrected chi connectivity index (χ2v) is 4.68. The molecule has 0 amide bonds. The molecule has 2 N–H and O–H groups in total. The number of aryl methyl sites for hydroxylation is 1. The summed E-state index contributed by atoms with van der Waals surface area (Å²) in [5, 5.41) is 6.61. The summed E-state index contributed by atoms with van der Waals surface area (Å²) in [6, 6.07) is 5.59. The molecule has 90 valence electrons. The van der Waals surface area contributed by atoms with Gasteiger partial charge in [-0.2, -0.15) is 5.10 Å². The Kier molecular flexibility index (Phi) is 2.60. The van der Waals surface area contributed by atoms with E-state index in [2.05, 4.69) is 20.1 Å². The molecule has 0 radical (unpaired) electrons. The summed E-state index contributed by atoms with van der Waals surface area (Å²) in [6.45, 7) is 0. The first kappa shape index (κ1) is 11.0.